The number of carbonyl (C=O) groups excluding carboxylic acids is 2. The number of amides is 2. The Hall–Kier alpha value is -3.60. The molecule has 1 aromatic carbocycles. The number of rotatable bonds is 10. The fraction of sp³-hybridized carbons (Fsp3) is 0.316. The van der Waals surface area contributed by atoms with Gasteiger partial charge in [-0.05, 0) is 19.4 Å². The molecule has 3 rings (SSSR count). The molecule has 2 heterocycles. The molecule has 0 radical (unpaired) electrons. The molecule has 0 aliphatic carbocycles. The van der Waals surface area contributed by atoms with Crippen molar-refractivity contribution in [2.75, 3.05) is 11.7 Å². The van der Waals surface area contributed by atoms with Crippen molar-refractivity contribution in [3.8, 4) is 0 Å². The molecule has 7 N–H and O–H groups in total. The minimum atomic E-state index is -4.47. The molecular formula is C19H23N7O7S2. The van der Waals surface area contributed by atoms with E-state index in [4.69, 9.17) is 31.1 Å². The quantitative estimate of drug-likeness (QED) is 0.0903. The predicted octanol–water partition coefficient (Wildman–Crippen LogP) is -0.187. The highest BCUT2D eigenvalue weighted by atomic mass is 32.2. The minimum Gasteiger partial charge on any atom is -0.390 e. The molecule has 0 saturated carbocycles. The highest BCUT2D eigenvalue weighted by Gasteiger charge is 2.57. The lowest BCUT2D eigenvalue weighted by Gasteiger charge is -2.51. The Kier molecular flexibility index (Phi) is 7.39. The van der Waals surface area contributed by atoms with Gasteiger partial charge in [-0.25, -0.2) is 10.0 Å². The number of nitrogens with one attached hydrogen (secondary N) is 2. The van der Waals surface area contributed by atoms with Crippen molar-refractivity contribution in [1.29, 1.82) is 5.41 Å². The van der Waals surface area contributed by atoms with Crippen LogP contribution < -0.4 is 16.8 Å². The molecule has 188 valence electrons. The molecule has 1 aliphatic heterocycles. The summed E-state index contributed by atoms with van der Waals surface area (Å²) in [5, 5.41) is 16.3. The molecule has 35 heavy (non-hydrogen) atoms. The molecular weight excluding hydrogens is 502 g/mol. The lowest BCUT2D eigenvalue weighted by molar-refractivity contribution is -0.249. The normalized spacial score (nSPS) is 17.6. The molecule has 0 bridgehead atoms. The SMILES string of the molecule is CC1(C)[C@H](NC(=O)C(=NOCc2ccc(C(=N)N)cc2)c2csc(N)n2)C(=O)N1OCS(=O)(=O)O. The van der Waals surface area contributed by atoms with Crippen molar-refractivity contribution in [1.82, 2.24) is 15.4 Å². The Morgan fingerprint density at radius 1 is 1.37 bits per heavy atom. The number of benzene rings is 1. The van der Waals surface area contributed by atoms with Crippen LogP contribution in [0.4, 0.5) is 5.13 Å². The smallest absolute Gasteiger partial charge is 0.292 e. The third kappa shape index (κ3) is 6.10. The van der Waals surface area contributed by atoms with Crippen molar-refractivity contribution in [2.24, 2.45) is 10.9 Å². The monoisotopic (exact) mass is 525 g/mol. The van der Waals surface area contributed by atoms with E-state index < -0.39 is 39.5 Å². The third-order valence-corrected chi connectivity index (χ3v) is 5.99. The van der Waals surface area contributed by atoms with Crippen LogP contribution in [-0.4, -0.2) is 63.9 Å². The Morgan fingerprint density at radius 3 is 2.54 bits per heavy atom. The van der Waals surface area contributed by atoms with E-state index in [1.807, 2.05) is 0 Å². The van der Waals surface area contributed by atoms with E-state index in [-0.39, 0.29) is 29.0 Å². The summed E-state index contributed by atoms with van der Waals surface area (Å²) in [6.45, 7) is 3.05. The van der Waals surface area contributed by atoms with E-state index in [0.29, 0.717) is 11.1 Å². The standard InChI is InChI=1S/C19H23N7O7S2/c1-19(2)14(17(28)26(19)33-9-35(29,30)31)24-16(27)13(12-8-34-18(22)23-12)25-32-7-10-3-5-11(6-4-10)15(20)21/h3-6,8,14H,7,9H2,1-2H3,(H3,20,21)(H2,22,23)(H,24,27)(H,29,30,31)/t14-/m1/s1. The average molecular weight is 526 g/mol. The number of anilines is 1. The molecule has 1 fully saturated rings. The van der Waals surface area contributed by atoms with Crippen molar-refractivity contribution in [2.45, 2.75) is 32.0 Å². The van der Waals surface area contributed by atoms with Gasteiger partial charge in [0.1, 0.15) is 24.2 Å². The largest absolute Gasteiger partial charge is 0.390 e. The minimum absolute atomic E-state index is 0.0142. The molecule has 1 aliphatic rings. The van der Waals surface area contributed by atoms with Gasteiger partial charge in [0.15, 0.2) is 10.8 Å². The van der Waals surface area contributed by atoms with Crippen LogP contribution in [-0.2, 0) is 36.0 Å². The molecule has 14 nitrogen and oxygen atoms in total. The second-order valence-electron chi connectivity index (χ2n) is 7.92. The number of carbonyl (C=O) groups is 2. The fourth-order valence-electron chi connectivity index (χ4n) is 3.09. The Labute approximate surface area is 204 Å². The molecule has 0 spiro atoms. The van der Waals surface area contributed by atoms with Crippen molar-refractivity contribution >= 4 is 49.9 Å². The second kappa shape index (κ2) is 9.95. The summed E-state index contributed by atoms with van der Waals surface area (Å²) in [6, 6.07) is 5.56. The van der Waals surface area contributed by atoms with Gasteiger partial charge in [-0.3, -0.25) is 24.4 Å². The number of amidine groups is 1. The molecule has 2 aromatic rings. The van der Waals surface area contributed by atoms with Crippen LogP contribution in [0.2, 0.25) is 0 Å². The van der Waals surface area contributed by atoms with E-state index in [1.54, 1.807) is 24.3 Å². The van der Waals surface area contributed by atoms with Gasteiger partial charge in [0.25, 0.3) is 21.9 Å². The Morgan fingerprint density at radius 2 is 2.03 bits per heavy atom. The van der Waals surface area contributed by atoms with Crippen molar-refractivity contribution in [3.05, 3.63) is 46.5 Å². The number of hydroxylamine groups is 2. The van der Waals surface area contributed by atoms with Crippen molar-refractivity contribution < 1.29 is 32.2 Å². The van der Waals surface area contributed by atoms with Gasteiger partial charge in [0.05, 0.1) is 5.54 Å². The first-order valence-electron chi connectivity index (χ1n) is 9.87. The third-order valence-electron chi connectivity index (χ3n) is 4.91. The summed E-state index contributed by atoms with van der Waals surface area (Å²) in [4.78, 5) is 39.7. The lowest BCUT2D eigenvalue weighted by Crippen LogP contribution is -2.76. The van der Waals surface area contributed by atoms with Crippen LogP contribution in [0.15, 0.2) is 34.8 Å². The van der Waals surface area contributed by atoms with Gasteiger partial charge in [-0.15, -0.1) is 11.3 Å². The summed E-state index contributed by atoms with van der Waals surface area (Å²) in [5.74, 6) is -2.71. The van der Waals surface area contributed by atoms with E-state index >= 15 is 0 Å². The van der Waals surface area contributed by atoms with E-state index in [1.165, 1.54) is 19.2 Å². The fourth-order valence-corrected chi connectivity index (χ4v) is 3.88. The molecule has 1 aromatic heterocycles. The lowest BCUT2D eigenvalue weighted by atomic mass is 9.84. The molecule has 1 saturated heterocycles. The zero-order chi connectivity index (χ0) is 26.0. The summed E-state index contributed by atoms with van der Waals surface area (Å²) >= 11 is 1.08. The zero-order valence-electron chi connectivity index (χ0n) is 18.6. The predicted molar refractivity (Wildman–Crippen MR) is 126 cm³/mol. The first-order chi connectivity index (χ1) is 16.3. The van der Waals surface area contributed by atoms with Crippen LogP contribution in [0.25, 0.3) is 0 Å². The average Bonchev–Trinajstić information content (AvgIpc) is 3.20. The molecule has 2 amide bonds. The molecule has 1 atom stereocenters. The summed E-state index contributed by atoms with van der Waals surface area (Å²) in [6.07, 6.45) is 0. The van der Waals surface area contributed by atoms with E-state index in [9.17, 15) is 18.0 Å². The van der Waals surface area contributed by atoms with Crippen molar-refractivity contribution in [3.63, 3.8) is 0 Å². The number of nitrogens with zero attached hydrogens (tertiary/aromatic N) is 3. The highest BCUT2D eigenvalue weighted by Crippen LogP contribution is 2.32. The Balaban J connectivity index is 1.72. The Bertz CT molecular complexity index is 1270. The molecule has 16 heteroatoms. The van der Waals surface area contributed by atoms with Crippen LogP contribution in [0.1, 0.15) is 30.7 Å². The van der Waals surface area contributed by atoms with E-state index in [2.05, 4.69) is 15.5 Å². The highest BCUT2D eigenvalue weighted by molar-refractivity contribution is 7.85. The van der Waals surface area contributed by atoms with Crippen LogP contribution in [0.3, 0.4) is 0 Å². The van der Waals surface area contributed by atoms with Gasteiger partial charge < -0.3 is 21.6 Å². The number of oxime groups is 1. The summed E-state index contributed by atoms with van der Waals surface area (Å²) in [7, 11) is -4.47. The number of thiazole rings is 1. The van der Waals surface area contributed by atoms with Gasteiger partial charge in [-0.1, -0.05) is 29.4 Å². The number of hydrogen-bond donors (Lipinski definition) is 5. The van der Waals surface area contributed by atoms with Gasteiger partial charge in [0.2, 0.25) is 5.94 Å². The van der Waals surface area contributed by atoms with E-state index in [0.717, 1.165) is 16.4 Å². The molecule has 0 unspecified atom stereocenters. The van der Waals surface area contributed by atoms with Crippen LogP contribution in [0, 0.1) is 5.41 Å². The topological polar surface area (TPSA) is 223 Å². The van der Waals surface area contributed by atoms with Gasteiger partial charge in [0, 0.05) is 10.9 Å². The maximum Gasteiger partial charge on any atom is 0.292 e. The van der Waals surface area contributed by atoms with Crippen LogP contribution >= 0.6 is 11.3 Å². The number of β-lactam (4-membered cyclic amide) rings is 1. The number of nitrogens with two attached hydrogens (primary N) is 2. The maximum absolute atomic E-state index is 13.0. The number of hydrogen-bond acceptors (Lipinski definition) is 11. The first-order valence-corrected chi connectivity index (χ1v) is 12.4. The first kappa shape index (κ1) is 26.0. The second-order valence-corrected chi connectivity index (χ2v) is 10.2. The summed E-state index contributed by atoms with van der Waals surface area (Å²) < 4.78 is 30.7. The maximum atomic E-state index is 13.0. The zero-order valence-corrected chi connectivity index (χ0v) is 20.2. The van der Waals surface area contributed by atoms with Gasteiger partial charge >= 0.3 is 0 Å². The van der Waals surface area contributed by atoms with Gasteiger partial charge in [-0.2, -0.15) is 8.42 Å². The van der Waals surface area contributed by atoms with Crippen LogP contribution in [0.5, 0.6) is 0 Å². The summed E-state index contributed by atoms with van der Waals surface area (Å²) in [5.41, 5.74) is 11.1. The number of nitrogen functional groups attached to an aromatic ring is 2. The number of aromatic nitrogens is 1.